The molecular weight excluding hydrogens is 362 g/mol. The maximum absolute atomic E-state index is 13.0. The van der Waals surface area contributed by atoms with Crippen molar-refractivity contribution in [2.24, 2.45) is 5.10 Å². The molecule has 0 saturated heterocycles. The molecule has 0 spiro atoms. The first-order valence-corrected chi connectivity index (χ1v) is 10.6. The molecule has 0 aromatic carbocycles. The SMILES string of the molecule is CCN(CC)CCCNC(=O)CN1N=C(C)N2c3ccsc3C(C)C2C1=O. The van der Waals surface area contributed by atoms with Crippen LogP contribution in [0.1, 0.15) is 44.9 Å². The van der Waals surface area contributed by atoms with Gasteiger partial charge in [-0.15, -0.1) is 11.3 Å². The van der Waals surface area contributed by atoms with Crippen molar-refractivity contribution in [2.75, 3.05) is 37.6 Å². The number of hydrogen-bond donors (Lipinski definition) is 1. The van der Waals surface area contributed by atoms with Crippen LogP contribution in [0.15, 0.2) is 16.5 Å². The molecule has 2 aliphatic rings. The predicted molar refractivity (Wildman–Crippen MR) is 109 cm³/mol. The van der Waals surface area contributed by atoms with Crippen LogP contribution in [0.3, 0.4) is 0 Å². The lowest BCUT2D eigenvalue weighted by Gasteiger charge is -2.35. The molecule has 3 heterocycles. The Morgan fingerprint density at radius 3 is 2.81 bits per heavy atom. The number of carbonyl (C=O) groups excluding carboxylic acids is 2. The van der Waals surface area contributed by atoms with Crippen LogP contribution in [0.5, 0.6) is 0 Å². The molecule has 0 saturated carbocycles. The Kier molecular flexibility index (Phi) is 6.16. The van der Waals surface area contributed by atoms with Gasteiger partial charge in [0.25, 0.3) is 5.91 Å². The van der Waals surface area contributed by atoms with Crippen LogP contribution in [0.25, 0.3) is 0 Å². The van der Waals surface area contributed by atoms with Gasteiger partial charge < -0.3 is 15.1 Å². The summed E-state index contributed by atoms with van der Waals surface area (Å²) in [5.74, 6) is 0.610. The summed E-state index contributed by atoms with van der Waals surface area (Å²) >= 11 is 1.67. The van der Waals surface area contributed by atoms with Gasteiger partial charge >= 0.3 is 0 Å². The normalized spacial score (nSPS) is 21.4. The zero-order chi connectivity index (χ0) is 19.6. The fourth-order valence-corrected chi connectivity index (χ4v) is 4.85. The Hall–Kier alpha value is -1.93. The summed E-state index contributed by atoms with van der Waals surface area (Å²) in [5.41, 5.74) is 1.08. The highest BCUT2D eigenvalue weighted by molar-refractivity contribution is 7.10. The molecule has 0 aliphatic carbocycles. The Bertz CT molecular complexity index is 727. The Labute approximate surface area is 165 Å². The third-order valence-electron chi connectivity index (χ3n) is 5.38. The molecule has 2 amide bonds. The molecule has 3 rings (SSSR count). The van der Waals surface area contributed by atoms with Crippen molar-refractivity contribution < 1.29 is 9.59 Å². The molecule has 2 aliphatic heterocycles. The van der Waals surface area contributed by atoms with E-state index in [2.05, 4.69) is 36.1 Å². The van der Waals surface area contributed by atoms with Gasteiger partial charge in [-0.1, -0.05) is 20.8 Å². The first kappa shape index (κ1) is 19.8. The Balaban J connectivity index is 1.56. The highest BCUT2D eigenvalue weighted by Gasteiger charge is 2.47. The fraction of sp³-hybridized carbons (Fsp3) is 0.632. The number of hydrazone groups is 1. The standard InChI is InChI=1S/C19H29N5O2S/c1-5-22(6-2)10-7-9-20-16(25)12-23-19(26)17-13(3)18-15(8-11-27-18)24(17)14(4)21-23/h8,11,13,17H,5-7,9-10,12H2,1-4H3,(H,20,25). The Morgan fingerprint density at radius 1 is 1.37 bits per heavy atom. The number of rotatable bonds is 8. The number of hydrogen-bond acceptors (Lipinski definition) is 6. The van der Waals surface area contributed by atoms with E-state index in [1.54, 1.807) is 11.3 Å². The molecule has 1 aromatic heterocycles. The minimum atomic E-state index is -0.291. The van der Waals surface area contributed by atoms with Gasteiger partial charge in [0.1, 0.15) is 18.4 Å². The maximum Gasteiger partial charge on any atom is 0.266 e. The highest BCUT2D eigenvalue weighted by atomic mass is 32.1. The number of nitrogens with one attached hydrogen (secondary N) is 1. The monoisotopic (exact) mass is 391 g/mol. The largest absolute Gasteiger partial charge is 0.354 e. The number of amides is 2. The van der Waals surface area contributed by atoms with Gasteiger partial charge in [0.15, 0.2) is 0 Å². The molecule has 0 fully saturated rings. The second-order valence-electron chi connectivity index (χ2n) is 7.05. The van der Waals surface area contributed by atoms with E-state index in [-0.39, 0.29) is 30.3 Å². The average molecular weight is 392 g/mol. The van der Waals surface area contributed by atoms with Gasteiger partial charge in [-0.25, -0.2) is 5.01 Å². The van der Waals surface area contributed by atoms with Gasteiger partial charge in [0.2, 0.25) is 5.91 Å². The van der Waals surface area contributed by atoms with E-state index < -0.39 is 0 Å². The van der Waals surface area contributed by atoms with Gasteiger partial charge in [0.05, 0.1) is 5.69 Å². The number of carbonyl (C=O) groups is 2. The first-order chi connectivity index (χ1) is 13.0. The van der Waals surface area contributed by atoms with Crippen molar-refractivity contribution in [1.82, 2.24) is 15.2 Å². The molecule has 2 atom stereocenters. The lowest BCUT2D eigenvalue weighted by Crippen LogP contribution is -2.55. The second kappa shape index (κ2) is 8.39. The molecule has 27 heavy (non-hydrogen) atoms. The summed E-state index contributed by atoms with van der Waals surface area (Å²) in [6.07, 6.45) is 0.900. The van der Waals surface area contributed by atoms with E-state index in [1.807, 2.05) is 23.3 Å². The summed E-state index contributed by atoms with van der Waals surface area (Å²) in [6.45, 7) is 11.8. The number of anilines is 1. The topological polar surface area (TPSA) is 68.2 Å². The van der Waals surface area contributed by atoms with E-state index in [1.165, 1.54) is 9.89 Å². The molecule has 0 radical (unpaired) electrons. The predicted octanol–water partition coefficient (Wildman–Crippen LogP) is 2.06. The van der Waals surface area contributed by atoms with Gasteiger partial charge in [-0.05, 0) is 44.4 Å². The molecule has 8 heteroatoms. The number of nitrogens with zero attached hydrogens (tertiary/aromatic N) is 4. The van der Waals surface area contributed by atoms with Crippen LogP contribution in [0.2, 0.25) is 0 Å². The van der Waals surface area contributed by atoms with E-state index in [0.29, 0.717) is 6.54 Å². The van der Waals surface area contributed by atoms with Crippen molar-refractivity contribution in [3.63, 3.8) is 0 Å². The molecule has 0 bridgehead atoms. The van der Waals surface area contributed by atoms with Crippen LogP contribution in [0.4, 0.5) is 5.69 Å². The summed E-state index contributed by atoms with van der Waals surface area (Å²) in [7, 11) is 0. The lowest BCUT2D eigenvalue weighted by molar-refractivity contribution is -0.137. The third-order valence-corrected chi connectivity index (χ3v) is 6.49. The number of thiophene rings is 1. The minimum absolute atomic E-state index is 0.0217. The second-order valence-corrected chi connectivity index (χ2v) is 7.99. The van der Waals surface area contributed by atoms with Gasteiger partial charge in [-0.2, -0.15) is 5.10 Å². The van der Waals surface area contributed by atoms with Crippen LogP contribution < -0.4 is 10.2 Å². The van der Waals surface area contributed by atoms with E-state index in [4.69, 9.17) is 0 Å². The quantitative estimate of drug-likeness (QED) is 0.689. The van der Waals surface area contributed by atoms with Crippen molar-refractivity contribution in [1.29, 1.82) is 0 Å². The molecular formula is C19H29N5O2S. The van der Waals surface area contributed by atoms with E-state index in [9.17, 15) is 9.59 Å². The zero-order valence-corrected chi connectivity index (χ0v) is 17.4. The number of amidine groups is 1. The maximum atomic E-state index is 13.0. The molecule has 148 valence electrons. The summed E-state index contributed by atoms with van der Waals surface area (Å²) in [4.78, 5) is 30.8. The van der Waals surface area contributed by atoms with Gasteiger partial charge in [0, 0.05) is 17.3 Å². The summed E-state index contributed by atoms with van der Waals surface area (Å²) in [6, 6.07) is 1.75. The fourth-order valence-electron chi connectivity index (χ4n) is 3.87. The van der Waals surface area contributed by atoms with Crippen molar-refractivity contribution in [3.8, 4) is 0 Å². The van der Waals surface area contributed by atoms with Crippen molar-refractivity contribution in [2.45, 2.75) is 46.1 Å². The molecule has 1 N–H and O–H groups in total. The van der Waals surface area contributed by atoms with E-state index >= 15 is 0 Å². The minimum Gasteiger partial charge on any atom is -0.354 e. The van der Waals surface area contributed by atoms with E-state index in [0.717, 1.165) is 37.6 Å². The molecule has 7 nitrogen and oxygen atoms in total. The molecule has 2 unspecified atom stereocenters. The highest BCUT2D eigenvalue weighted by Crippen LogP contribution is 2.46. The van der Waals surface area contributed by atoms with Crippen LogP contribution in [0, 0.1) is 0 Å². The van der Waals surface area contributed by atoms with Crippen molar-refractivity contribution >= 4 is 34.7 Å². The summed E-state index contributed by atoms with van der Waals surface area (Å²) in [5, 5.41) is 10.7. The van der Waals surface area contributed by atoms with Crippen LogP contribution in [-0.4, -0.2) is 66.3 Å². The van der Waals surface area contributed by atoms with Crippen LogP contribution >= 0.6 is 11.3 Å². The Morgan fingerprint density at radius 2 is 2.11 bits per heavy atom. The smallest absolute Gasteiger partial charge is 0.266 e. The first-order valence-electron chi connectivity index (χ1n) is 9.70. The van der Waals surface area contributed by atoms with Gasteiger partial charge in [-0.3, -0.25) is 9.59 Å². The van der Waals surface area contributed by atoms with Crippen molar-refractivity contribution in [3.05, 3.63) is 16.3 Å². The summed E-state index contributed by atoms with van der Waals surface area (Å²) < 4.78 is 0. The van der Waals surface area contributed by atoms with Crippen LogP contribution in [-0.2, 0) is 9.59 Å². The lowest BCUT2D eigenvalue weighted by atomic mass is 10.0. The third kappa shape index (κ3) is 3.87. The molecule has 1 aromatic rings. The zero-order valence-electron chi connectivity index (χ0n) is 16.6. The average Bonchev–Trinajstić information content (AvgIpc) is 3.22. The number of fused-ring (bicyclic) bond motifs is 3.